The van der Waals surface area contributed by atoms with Crippen LogP contribution >= 0.6 is 11.3 Å². The Labute approximate surface area is 117 Å². The molecule has 1 atom stereocenters. The number of hydrogen-bond donors (Lipinski definition) is 1. The molecule has 1 fully saturated rings. The molecule has 0 radical (unpaired) electrons. The van der Waals surface area contributed by atoms with Gasteiger partial charge in [-0.25, -0.2) is 0 Å². The Morgan fingerprint density at radius 3 is 2.79 bits per heavy atom. The first-order chi connectivity index (χ1) is 9.04. The zero-order valence-corrected chi connectivity index (χ0v) is 12.2. The van der Waals surface area contributed by atoms with Crippen molar-refractivity contribution in [2.45, 2.75) is 51.7 Å². The van der Waals surface area contributed by atoms with E-state index in [9.17, 15) is 15.2 Å². The predicted molar refractivity (Wildman–Crippen MR) is 76.9 cm³/mol. The quantitative estimate of drug-likeness (QED) is 0.615. The van der Waals surface area contributed by atoms with E-state index < -0.39 is 6.10 Å². The van der Waals surface area contributed by atoms with Crippen molar-refractivity contribution >= 4 is 22.0 Å². The van der Waals surface area contributed by atoms with Crippen LogP contribution in [0.25, 0.3) is 0 Å². The smallest absolute Gasteiger partial charge is 0.304 e. The molecule has 0 aliphatic heterocycles. The number of rotatable bonds is 7. The number of hydrogen-bond acceptors (Lipinski definition) is 5. The summed E-state index contributed by atoms with van der Waals surface area (Å²) in [7, 11) is 0. The van der Waals surface area contributed by atoms with Gasteiger partial charge >= 0.3 is 5.69 Å². The van der Waals surface area contributed by atoms with E-state index in [0.29, 0.717) is 10.9 Å². The summed E-state index contributed by atoms with van der Waals surface area (Å²) in [5.41, 5.74) is 0.143. The Bertz CT molecular complexity index is 455. The van der Waals surface area contributed by atoms with Crippen LogP contribution < -0.4 is 4.90 Å². The monoisotopic (exact) mass is 284 g/mol. The van der Waals surface area contributed by atoms with Gasteiger partial charge in [-0.05, 0) is 26.2 Å². The summed E-state index contributed by atoms with van der Waals surface area (Å²) in [6.07, 6.45) is 3.69. The summed E-state index contributed by atoms with van der Waals surface area (Å²) in [6.45, 7) is 4.63. The number of nitrogens with zero attached hydrogens (tertiary/aromatic N) is 2. The number of nitro groups is 1. The highest BCUT2D eigenvalue weighted by molar-refractivity contribution is 7.16. The van der Waals surface area contributed by atoms with Crippen LogP contribution in [-0.2, 0) is 0 Å². The summed E-state index contributed by atoms with van der Waals surface area (Å²) >= 11 is 1.36. The van der Waals surface area contributed by atoms with E-state index in [1.807, 2.05) is 0 Å². The minimum atomic E-state index is -0.648. The van der Waals surface area contributed by atoms with Crippen LogP contribution in [0, 0.1) is 10.1 Å². The van der Waals surface area contributed by atoms with Crippen LogP contribution in [0.4, 0.5) is 10.7 Å². The molecular formula is C13H20N2O3S. The largest absolute Gasteiger partial charge is 0.388 e. The molecule has 0 bridgehead atoms. The standard InChI is InChI=1S/C13H20N2O3S/c1-3-4-7-14(10-5-6-10)13-11(15(17)18)8-12(19-13)9(2)16/h8-10,16H,3-7H2,1-2H3. The van der Waals surface area contributed by atoms with Crippen LogP contribution in [0.2, 0.25) is 0 Å². The van der Waals surface area contributed by atoms with Crippen LogP contribution in [0.3, 0.4) is 0 Å². The van der Waals surface area contributed by atoms with E-state index in [1.165, 1.54) is 17.4 Å². The summed E-state index contributed by atoms with van der Waals surface area (Å²) in [5.74, 6) is 0. The van der Waals surface area contributed by atoms with Gasteiger partial charge in [-0.3, -0.25) is 10.1 Å². The topological polar surface area (TPSA) is 66.6 Å². The summed E-state index contributed by atoms with van der Waals surface area (Å²) in [4.78, 5) is 13.7. The maximum Gasteiger partial charge on any atom is 0.304 e. The molecule has 19 heavy (non-hydrogen) atoms. The van der Waals surface area contributed by atoms with E-state index in [2.05, 4.69) is 11.8 Å². The second kappa shape index (κ2) is 5.88. The van der Waals surface area contributed by atoms with Crippen LogP contribution in [0.1, 0.15) is 50.5 Å². The maximum absolute atomic E-state index is 11.2. The molecule has 5 nitrogen and oxygen atoms in total. The molecule has 1 heterocycles. The van der Waals surface area contributed by atoms with Gasteiger partial charge in [0.25, 0.3) is 0 Å². The fourth-order valence-corrected chi connectivity index (χ4v) is 3.26. The predicted octanol–water partition coefficient (Wildman–Crippen LogP) is 3.48. The van der Waals surface area contributed by atoms with Crippen LogP contribution in [0.15, 0.2) is 6.07 Å². The molecule has 1 N–H and O–H groups in total. The minimum absolute atomic E-state index is 0.143. The molecule has 0 amide bonds. The lowest BCUT2D eigenvalue weighted by Gasteiger charge is -2.21. The van der Waals surface area contributed by atoms with Crippen molar-refractivity contribution in [3.05, 3.63) is 21.1 Å². The van der Waals surface area contributed by atoms with E-state index in [1.54, 1.807) is 6.92 Å². The van der Waals surface area contributed by atoms with Crippen molar-refractivity contribution in [3.8, 4) is 0 Å². The molecule has 0 aromatic carbocycles. The first kappa shape index (κ1) is 14.3. The van der Waals surface area contributed by atoms with Gasteiger partial charge in [-0.15, -0.1) is 11.3 Å². The number of anilines is 1. The molecule has 1 aromatic rings. The van der Waals surface area contributed by atoms with Crippen molar-refractivity contribution < 1.29 is 10.0 Å². The highest BCUT2D eigenvalue weighted by Gasteiger charge is 2.34. The molecular weight excluding hydrogens is 264 g/mol. The second-order valence-electron chi connectivity index (χ2n) is 5.05. The average molecular weight is 284 g/mol. The fourth-order valence-electron chi connectivity index (χ4n) is 2.10. The maximum atomic E-state index is 11.2. The third-order valence-corrected chi connectivity index (χ3v) is 4.65. The SMILES string of the molecule is CCCCN(c1sc(C(C)O)cc1[N+](=O)[O-])C1CC1. The number of aliphatic hydroxyl groups excluding tert-OH is 1. The average Bonchev–Trinajstić information content (AvgIpc) is 3.07. The van der Waals surface area contributed by atoms with Crippen LogP contribution in [0.5, 0.6) is 0 Å². The Morgan fingerprint density at radius 2 is 2.32 bits per heavy atom. The van der Waals surface area contributed by atoms with Gasteiger partial charge in [0, 0.05) is 23.5 Å². The second-order valence-corrected chi connectivity index (χ2v) is 6.11. The third kappa shape index (κ3) is 3.25. The normalized spacial score (nSPS) is 16.4. The molecule has 1 aliphatic carbocycles. The zero-order chi connectivity index (χ0) is 14.0. The zero-order valence-electron chi connectivity index (χ0n) is 11.3. The molecule has 1 aliphatic rings. The lowest BCUT2D eigenvalue weighted by Crippen LogP contribution is -2.26. The molecule has 106 valence electrons. The summed E-state index contributed by atoms with van der Waals surface area (Å²) in [6, 6.07) is 1.97. The molecule has 1 saturated carbocycles. The molecule has 0 spiro atoms. The van der Waals surface area contributed by atoms with E-state index in [0.717, 1.165) is 37.2 Å². The van der Waals surface area contributed by atoms with Crippen LogP contribution in [-0.4, -0.2) is 22.6 Å². The van der Waals surface area contributed by atoms with Crippen molar-refractivity contribution in [3.63, 3.8) is 0 Å². The lowest BCUT2D eigenvalue weighted by atomic mass is 10.3. The molecule has 2 rings (SSSR count). The van der Waals surface area contributed by atoms with Gasteiger partial charge in [0.15, 0.2) is 5.00 Å². The molecule has 6 heteroatoms. The molecule has 1 unspecified atom stereocenters. The number of unbranched alkanes of at least 4 members (excludes halogenated alkanes) is 1. The first-order valence-electron chi connectivity index (χ1n) is 6.77. The lowest BCUT2D eigenvalue weighted by molar-refractivity contribution is -0.383. The van der Waals surface area contributed by atoms with Gasteiger partial charge in [0.1, 0.15) is 0 Å². The Hall–Kier alpha value is -1.14. The van der Waals surface area contributed by atoms with E-state index in [4.69, 9.17) is 0 Å². The summed E-state index contributed by atoms with van der Waals surface area (Å²) < 4.78 is 0. The van der Waals surface area contributed by atoms with E-state index in [-0.39, 0.29) is 10.6 Å². The van der Waals surface area contributed by atoms with Gasteiger partial charge in [-0.2, -0.15) is 0 Å². The Balaban J connectivity index is 2.31. The van der Waals surface area contributed by atoms with Crippen molar-refractivity contribution in [2.24, 2.45) is 0 Å². The number of aliphatic hydroxyl groups is 1. The highest BCUT2D eigenvalue weighted by atomic mass is 32.1. The van der Waals surface area contributed by atoms with Crippen molar-refractivity contribution in [1.29, 1.82) is 0 Å². The van der Waals surface area contributed by atoms with Crippen molar-refractivity contribution in [1.82, 2.24) is 0 Å². The number of thiophene rings is 1. The van der Waals surface area contributed by atoms with Crippen molar-refractivity contribution in [2.75, 3.05) is 11.4 Å². The fraction of sp³-hybridized carbons (Fsp3) is 0.692. The highest BCUT2D eigenvalue weighted by Crippen LogP contribution is 2.44. The van der Waals surface area contributed by atoms with E-state index >= 15 is 0 Å². The van der Waals surface area contributed by atoms with Gasteiger partial charge < -0.3 is 10.0 Å². The van der Waals surface area contributed by atoms with Gasteiger partial charge in [0.05, 0.1) is 11.0 Å². The molecule has 1 aromatic heterocycles. The van der Waals surface area contributed by atoms with Gasteiger partial charge in [0.2, 0.25) is 0 Å². The minimum Gasteiger partial charge on any atom is -0.388 e. The summed E-state index contributed by atoms with van der Waals surface area (Å²) in [5, 5.41) is 21.5. The third-order valence-electron chi connectivity index (χ3n) is 3.32. The van der Waals surface area contributed by atoms with Gasteiger partial charge in [-0.1, -0.05) is 13.3 Å². The Morgan fingerprint density at radius 1 is 1.63 bits per heavy atom. The first-order valence-corrected chi connectivity index (χ1v) is 7.59. The Kier molecular flexibility index (Phi) is 4.42. The molecule has 0 saturated heterocycles.